The molecule has 0 bridgehead atoms. The summed E-state index contributed by atoms with van der Waals surface area (Å²) in [4.78, 5) is 0. The number of hydrogen-bond acceptors (Lipinski definition) is 13. The topological polar surface area (TPSA) is 230 Å². The van der Waals surface area contributed by atoms with Crippen molar-refractivity contribution >= 4 is 0 Å². The van der Waals surface area contributed by atoms with Gasteiger partial charge in [0.15, 0.2) is 35.2 Å². The van der Waals surface area contributed by atoms with E-state index in [4.69, 9.17) is 14.2 Å². The lowest BCUT2D eigenvalue weighted by molar-refractivity contribution is -0.175. The summed E-state index contributed by atoms with van der Waals surface area (Å²) < 4.78 is 18.1. The van der Waals surface area contributed by atoms with Crippen LogP contribution in [0.5, 0.6) is 57.5 Å². The Labute approximate surface area is 242 Å². The highest BCUT2D eigenvalue weighted by atomic mass is 16.6. The molecule has 0 fully saturated rings. The molecule has 13 nitrogen and oxygen atoms in total. The normalized spacial score (nSPS) is 24.3. The van der Waals surface area contributed by atoms with Crippen LogP contribution in [-0.4, -0.2) is 63.3 Å². The van der Waals surface area contributed by atoms with E-state index in [0.29, 0.717) is 0 Å². The largest absolute Gasteiger partial charge is 0.508 e. The first kappa shape index (κ1) is 27.9. The maximum atomic E-state index is 11.6. The lowest BCUT2D eigenvalue weighted by Crippen LogP contribution is -2.41. The fourth-order valence-electron chi connectivity index (χ4n) is 5.45. The van der Waals surface area contributed by atoms with Crippen molar-refractivity contribution in [1.82, 2.24) is 0 Å². The quantitative estimate of drug-likeness (QED) is 0.153. The Morgan fingerprint density at radius 3 is 1.23 bits per heavy atom. The van der Waals surface area contributed by atoms with Crippen LogP contribution in [-0.2, 0) is 4.74 Å². The van der Waals surface area contributed by atoms with Crippen molar-refractivity contribution in [3.05, 3.63) is 82.9 Å². The zero-order valence-electron chi connectivity index (χ0n) is 21.9. The van der Waals surface area contributed by atoms with Gasteiger partial charge >= 0.3 is 0 Å². The third-order valence-corrected chi connectivity index (χ3v) is 7.48. The predicted molar refractivity (Wildman–Crippen MR) is 144 cm³/mol. The lowest BCUT2D eigenvalue weighted by atomic mass is 9.88. The molecule has 0 radical (unpaired) electrons. The molecule has 6 rings (SSSR count). The van der Waals surface area contributed by atoms with E-state index in [9.17, 15) is 51.1 Å². The van der Waals surface area contributed by atoms with Crippen LogP contribution in [0, 0.1) is 0 Å². The number of phenols is 8. The first-order chi connectivity index (χ1) is 20.4. The SMILES string of the molecule is Oc1cc(O)c2c(c1)O[C@H](c1ccc(O)c(O)c1)[C@H](O)[C@H]2O[C@H]1c2c(O)cc(O)cc2O[C@H](c2ccc(O)c(O)c2)[C@@H]1O. The molecule has 0 aromatic heterocycles. The number of phenolic OH excluding ortho intramolecular Hbond substituents is 8. The smallest absolute Gasteiger partial charge is 0.157 e. The van der Waals surface area contributed by atoms with Crippen LogP contribution in [0.2, 0.25) is 0 Å². The van der Waals surface area contributed by atoms with Crippen LogP contribution in [0.15, 0.2) is 60.7 Å². The van der Waals surface area contributed by atoms with E-state index in [2.05, 4.69) is 0 Å². The summed E-state index contributed by atoms with van der Waals surface area (Å²) >= 11 is 0. The molecule has 2 aliphatic heterocycles. The van der Waals surface area contributed by atoms with Crippen LogP contribution >= 0.6 is 0 Å². The van der Waals surface area contributed by atoms with Gasteiger partial charge in [-0.15, -0.1) is 0 Å². The van der Waals surface area contributed by atoms with Crippen LogP contribution < -0.4 is 9.47 Å². The highest BCUT2D eigenvalue weighted by Gasteiger charge is 2.48. The number of hydrogen-bond donors (Lipinski definition) is 10. The van der Waals surface area contributed by atoms with Gasteiger partial charge in [-0.3, -0.25) is 0 Å². The number of ether oxygens (including phenoxy) is 3. The second-order valence-electron chi connectivity index (χ2n) is 10.3. The van der Waals surface area contributed by atoms with Gasteiger partial charge in [-0.05, 0) is 35.4 Å². The molecule has 0 aliphatic carbocycles. The Bertz CT molecular complexity index is 1600. The molecule has 4 aromatic rings. The Balaban J connectivity index is 1.47. The third-order valence-electron chi connectivity index (χ3n) is 7.48. The molecular weight excluding hydrogens is 568 g/mol. The number of benzene rings is 4. The molecule has 0 unspecified atom stereocenters. The zero-order chi connectivity index (χ0) is 30.7. The van der Waals surface area contributed by atoms with Gasteiger partial charge in [-0.2, -0.15) is 0 Å². The average Bonchev–Trinajstić information content (AvgIpc) is 2.94. The minimum atomic E-state index is -1.65. The van der Waals surface area contributed by atoms with Crippen molar-refractivity contribution in [3.63, 3.8) is 0 Å². The molecule has 0 amide bonds. The van der Waals surface area contributed by atoms with Crippen molar-refractivity contribution < 1.29 is 65.3 Å². The summed E-state index contributed by atoms with van der Waals surface area (Å²) in [6.07, 6.45) is -8.92. The maximum Gasteiger partial charge on any atom is 0.157 e. The van der Waals surface area contributed by atoms with Crippen molar-refractivity contribution in [3.8, 4) is 57.5 Å². The Morgan fingerprint density at radius 1 is 0.465 bits per heavy atom. The van der Waals surface area contributed by atoms with E-state index < -0.39 is 71.1 Å². The molecular formula is C30H26O13. The fraction of sp³-hybridized carbons (Fsp3) is 0.200. The number of fused-ring (bicyclic) bond motifs is 2. The van der Waals surface area contributed by atoms with Crippen molar-refractivity contribution in [2.45, 2.75) is 36.6 Å². The van der Waals surface area contributed by atoms with Crippen LogP contribution in [0.4, 0.5) is 0 Å². The van der Waals surface area contributed by atoms with E-state index in [-0.39, 0.29) is 45.3 Å². The van der Waals surface area contributed by atoms with Gasteiger partial charge < -0.3 is 65.3 Å². The Kier molecular flexibility index (Phi) is 6.64. The van der Waals surface area contributed by atoms with Gasteiger partial charge in [-0.25, -0.2) is 0 Å². The molecule has 2 heterocycles. The number of aromatic hydroxyl groups is 8. The van der Waals surface area contributed by atoms with E-state index in [1.54, 1.807) is 0 Å². The lowest BCUT2D eigenvalue weighted by Gasteiger charge is -2.42. The molecule has 0 saturated heterocycles. The van der Waals surface area contributed by atoms with Gasteiger partial charge in [0.1, 0.15) is 58.9 Å². The summed E-state index contributed by atoms with van der Waals surface area (Å²) in [5.41, 5.74) is 0.148. The van der Waals surface area contributed by atoms with Gasteiger partial charge in [-0.1, -0.05) is 12.1 Å². The standard InChI is InChI=1S/C30H26O13/c31-13-7-19(37)23-21(9-13)41-27(11-1-3-15(33)17(35)5-11)25(39)29(23)43-30-24-20(38)8-14(32)10-22(24)42-28(26(30)40)12-2-4-16(34)18(36)6-12/h1-10,25-40H/t25-,26-,27+,28+,29-,30-/m0/s1. The monoisotopic (exact) mass is 594 g/mol. The first-order valence-corrected chi connectivity index (χ1v) is 12.9. The second kappa shape index (κ2) is 10.2. The minimum absolute atomic E-state index is 0.109. The molecule has 43 heavy (non-hydrogen) atoms. The van der Waals surface area contributed by atoms with E-state index in [1.165, 1.54) is 24.3 Å². The molecule has 13 heteroatoms. The molecule has 4 aromatic carbocycles. The highest BCUT2D eigenvalue weighted by Crippen LogP contribution is 2.55. The number of rotatable bonds is 4. The molecule has 10 N–H and O–H groups in total. The fourth-order valence-corrected chi connectivity index (χ4v) is 5.45. The van der Waals surface area contributed by atoms with Gasteiger partial charge in [0.25, 0.3) is 0 Å². The summed E-state index contributed by atoms with van der Waals surface area (Å²) in [5.74, 6) is -3.89. The molecule has 0 saturated carbocycles. The molecule has 0 spiro atoms. The van der Waals surface area contributed by atoms with Gasteiger partial charge in [0.05, 0.1) is 11.1 Å². The summed E-state index contributed by atoms with van der Waals surface area (Å²) in [7, 11) is 0. The van der Waals surface area contributed by atoms with Crippen molar-refractivity contribution in [2.24, 2.45) is 0 Å². The number of aliphatic hydroxyl groups is 2. The van der Waals surface area contributed by atoms with E-state index >= 15 is 0 Å². The minimum Gasteiger partial charge on any atom is -0.508 e. The summed E-state index contributed by atoms with van der Waals surface area (Å²) in [6.45, 7) is 0. The van der Waals surface area contributed by atoms with Crippen LogP contribution in [0.1, 0.15) is 46.7 Å². The first-order valence-electron chi connectivity index (χ1n) is 12.9. The maximum absolute atomic E-state index is 11.6. The second-order valence-corrected chi connectivity index (χ2v) is 10.3. The van der Waals surface area contributed by atoms with Crippen LogP contribution in [0.25, 0.3) is 0 Å². The zero-order valence-corrected chi connectivity index (χ0v) is 21.9. The van der Waals surface area contributed by atoms with Gasteiger partial charge in [0.2, 0.25) is 0 Å². The highest BCUT2D eigenvalue weighted by molar-refractivity contribution is 5.56. The average molecular weight is 595 g/mol. The van der Waals surface area contributed by atoms with Crippen molar-refractivity contribution in [2.75, 3.05) is 0 Å². The van der Waals surface area contributed by atoms with Gasteiger partial charge in [0, 0.05) is 24.3 Å². The molecule has 6 atom stereocenters. The number of aliphatic hydroxyl groups excluding tert-OH is 2. The molecule has 224 valence electrons. The predicted octanol–water partition coefficient (Wildman–Crippen LogP) is 3.12. The summed E-state index contributed by atoms with van der Waals surface area (Å²) in [5, 5.41) is 105. The van der Waals surface area contributed by atoms with E-state index in [0.717, 1.165) is 36.4 Å². The van der Waals surface area contributed by atoms with E-state index in [1.807, 2.05) is 0 Å². The van der Waals surface area contributed by atoms with Crippen LogP contribution in [0.3, 0.4) is 0 Å². The Morgan fingerprint density at radius 2 is 0.860 bits per heavy atom. The molecule has 2 aliphatic rings. The Hall–Kier alpha value is -5.24. The third kappa shape index (κ3) is 4.74. The van der Waals surface area contributed by atoms with Crippen molar-refractivity contribution in [1.29, 1.82) is 0 Å². The summed E-state index contributed by atoms with van der Waals surface area (Å²) in [6, 6.07) is 11.7.